The van der Waals surface area contributed by atoms with Crippen molar-refractivity contribution in [1.29, 1.82) is 0 Å². The first-order valence-corrected chi connectivity index (χ1v) is 11.3. The molecule has 1 aromatic rings. The number of rotatable bonds is 14. The molecule has 10 heteroatoms. The third kappa shape index (κ3) is 8.70. The molecule has 0 radical (unpaired) electrons. The molecule has 0 bridgehead atoms. The summed E-state index contributed by atoms with van der Waals surface area (Å²) in [5.74, 6) is -0.717. The lowest BCUT2D eigenvalue weighted by atomic mass is 9.93. The standard InChI is InChI=1S/C19H32N4O5S/c1-3-4-14-29(26,27)23-19(2,17(24)25)15-8-10-16(11-9-15)28-13-7-5-6-12-22-18(20)21/h8-11,23H,3-7,12-14H2,1-2H3,(H,24,25)(H4,20,21,22). The highest BCUT2D eigenvalue weighted by molar-refractivity contribution is 7.89. The van der Waals surface area contributed by atoms with E-state index in [2.05, 4.69) is 9.71 Å². The first-order valence-electron chi connectivity index (χ1n) is 9.64. The molecular formula is C19H32N4O5S. The number of aliphatic imine (C=N–C) groups is 1. The highest BCUT2D eigenvalue weighted by Gasteiger charge is 2.39. The van der Waals surface area contributed by atoms with Gasteiger partial charge in [-0.1, -0.05) is 25.5 Å². The van der Waals surface area contributed by atoms with Crippen molar-refractivity contribution in [2.24, 2.45) is 16.5 Å². The molecule has 1 atom stereocenters. The zero-order valence-corrected chi connectivity index (χ0v) is 17.9. The molecule has 0 spiro atoms. The average molecular weight is 429 g/mol. The summed E-state index contributed by atoms with van der Waals surface area (Å²) in [6.07, 6.45) is 3.75. The smallest absolute Gasteiger partial charge is 0.329 e. The summed E-state index contributed by atoms with van der Waals surface area (Å²) >= 11 is 0. The fourth-order valence-electron chi connectivity index (χ4n) is 2.60. The molecule has 9 nitrogen and oxygen atoms in total. The summed E-state index contributed by atoms with van der Waals surface area (Å²) in [6.45, 7) is 4.29. The monoisotopic (exact) mass is 428 g/mol. The SMILES string of the molecule is CCCCS(=O)(=O)NC(C)(C(=O)O)c1ccc(OCCCCCN=C(N)N)cc1. The van der Waals surface area contributed by atoms with Gasteiger partial charge in [-0.05, 0) is 50.3 Å². The molecule has 6 N–H and O–H groups in total. The van der Waals surface area contributed by atoms with Crippen LogP contribution in [0.5, 0.6) is 5.75 Å². The van der Waals surface area contributed by atoms with Crippen LogP contribution < -0.4 is 20.9 Å². The molecule has 0 saturated carbocycles. The lowest BCUT2D eigenvalue weighted by Crippen LogP contribution is -2.50. The van der Waals surface area contributed by atoms with Gasteiger partial charge in [0.2, 0.25) is 10.0 Å². The predicted molar refractivity (Wildman–Crippen MR) is 113 cm³/mol. The normalized spacial score (nSPS) is 13.4. The van der Waals surface area contributed by atoms with E-state index in [1.165, 1.54) is 6.92 Å². The number of aliphatic carboxylic acids is 1. The topological polar surface area (TPSA) is 157 Å². The Hall–Kier alpha value is -2.33. The molecule has 0 aliphatic rings. The van der Waals surface area contributed by atoms with Crippen LogP contribution in [0, 0.1) is 0 Å². The first kappa shape index (κ1) is 24.7. The predicted octanol–water partition coefficient (Wildman–Crippen LogP) is 1.53. The number of sulfonamides is 1. The van der Waals surface area contributed by atoms with Crippen molar-refractivity contribution in [3.63, 3.8) is 0 Å². The van der Waals surface area contributed by atoms with E-state index >= 15 is 0 Å². The summed E-state index contributed by atoms with van der Waals surface area (Å²) in [4.78, 5) is 15.7. The number of nitrogens with zero attached hydrogens (tertiary/aromatic N) is 1. The Labute approximate surface area is 172 Å². The van der Waals surface area contributed by atoms with Crippen molar-refractivity contribution in [2.45, 2.75) is 51.5 Å². The van der Waals surface area contributed by atoms with Crippen LogP contribution in [0.25, 0.3) is 0 Å². The van der Waals surface area contributed by atoms with Gasteiger partial charge in [0.25, 0.3) is 0 Å². The Bertz CT molecular complexity index is 776. The number of guanidine groups is 1. The van der Waals surface area contributed by atoms with Crippen molar-refractivity contribution in [3.8, 4) is 5.75 Å². The van der Waals surface area contributed by atoms with Gasteiger partial charge in [0, 0.05) is 6.54 Å². The minimum atomic E-state index is -3.72. The van der Waals surface area contributed by atoms with Crippen LogP contribution in [0.4, 0.5) is 0 Å². The van der Waals surface area contributed by atoms with E-state index in [9.17, 15) is 18.3 Å². The van der Waals surface area contributed by atoms with Crippen molar-refractivity contribution >= 4 is 22.0 Å². The van der Waals surface area contributed by atoms with E-state index in [-0.39, 0.29) is 11.7 Å². The number of unbranched alkanes of at least 4 members (excludes halogenated alkanes) is 3. The molecule has 164 valence electrons. The number of hydrogen-bond acceptors (Lipinski definition) is 5. The molecule has 1 unspecified atom stereocenters. The lowest BCUT2D eigenvalue weighted by Gasteiger charge is -2.26. The van der Waals surface area contributed by atoms with Crippen LogP contribution in [0.2, 0.25) is 0 Å². The number of carboxylic acids is 1. The third-order valence-electron chi connectivity index (χ3n) is 4.35. The molecular weight excluding hydrogens is 396 g/mol. The minimum Gasteiger partial charge on any atom is -0.494 e. The highest BCUT2D eigenvalue weighted by Crippen LogP contribution is 2.25. The van der Waals surface area contributed by atoms with Gasteiger partial charge < -0.3 is 21.3 Å². The van der Waals surface area contributed by atoms with Crippen molar-refractivity contribution in [2.75, 3.05) is 18.9 Å². The van der Waals surface area contributed by atoms with Crippen LogP contribution >= 0.6 is 0 Å². The lowest BCUT2D eigenvalue weighted by molar-refractivity contribution is -0.143. The number of nitrogens with one attached hydrogen (secondary N) is 1. The molecule has 0 saturated heterocycles. The largest absolute Gasteiger partial charge is 0.494 e. The molecule has 29 heavy (non-hydrogen) atoms. The van der Waals surface area contributed by atoms with Gasteiger partial charge in [0.1, 0.15) is 5.75 Å². The van der Waals surface area contributed by atoms with E-state index in [0.717, 1.165) is 19.3 Å². The van der Waals surface area contributed by atoms with Crippen LogP contribution in [0.15, 0.2) is 29.3 Å². The van der Waals surface area contributed by atoms with Crippen LogP contribution in [0.1, 0.15) is 51.5 Å². The van der Waals surface area contributed by atoms with Crippen molar-refractivity contribution in [1.82, 2.24) is 4.72 Å². The minimum absolute atomic E-state index is 0.0855. The number of nitrogens with two attached hydrogens (primary N) is 2. The second-order valence-corrected chi connectivity index (χ2v) is 8.79. The summed E-state index contributed by atoms with van der Waals surface area (Å²) in [5.41, 5.74) is 9.08. The second-order valence-electron chi connectivity index (χ2n) is 6.94. The molecule has 0 aromatic heterocycles. The molecule has 0 heterocycles. The fraction of sp³-hybridized carbons (Fsp3) is 0.579. The van der Waals surface area contributed by atoms with E-state index < -0.39 is 21.5 Å². The number of benzene rings is 1. The summed E-state index contributed by atoms with van der Waals surface area (Å²) in [6, 6.07) is 6.39. The van der Waals surface area contributed by atoms with E-state index in [1.807, 2.05) is 6.92 Å². The highest BCUT2D eigenvalue weighted by atomic mass is 32.2. The van der Waals surface area contributed by atoms with Crippen LogP contribution in [-0.2, 0) is 20.4 Å². The summed E-state index contributed by atoms with van der Waals surface area (Å²) < 4.78 is 32.4. The maximum absolute atomic E-state index is 12.2. The molecule has 0 aliphatic heterocycles. The fourth-order valence-corrected chi connectivity index (χ4v) is 4.19. The van der Waals surface area contributed by atoms with Crippen LogP contribution in [0.3, 0.4) is 0 Å². The molecule has 1 rings (SSSR count). The average Bonchev–Trinajstić information content (AvgIpc) is 2.65. The zero-order valence-electron chi connectivity index (χ0n) is 17.1. The maximum atomic E-state index is 12.2. The summed E-state index contributed by atoms with van der Waals surface area (Å²) in [7, 11) is -3.72. The molecule has 0 amide bonds. The van der Waals surface area contributed by atoms with Gasteiger partial charge in [0.05, 0.1) is 12.4 Å². The van der Waals surface area contributed by atoms with Crippen molar-refractivity contribution < 1.29 is 23.1 Å². The van der Waals surface area contributed by atoms with Gasteiger partial charge in [-0.2, -0.15) is 4.72 Å². The molecule has 1 aromatic carbocycles. The Morgan fingerprint density at radius 1 is 1.17 bits per heavy atom. The number of carboxylic acid groups (broad SMARTS) is 1. The zero-order chi connectivity index (χ0) is 21.9. The number of hydrogen-bond donors (Lipinski definition) is 4. The molecule has 0 aliphatic carbocycles. The number of ether oxygens (including phenoxy) is 1. The van der Waals surface area contributed by atoms with Crippen molar-refractivity contribution in [3.05, 3.63) is 29.8 Å². The summed E-state index contributed by atoms with van der Waals surface area (Å²) in [5, 5.41) is 9.64. The van der Waals surface area contributed by atoms with Gasteiger partial charge in [0.15, 0.2) is 11.5 Å². The van der Waals surface area contributed by atoms with Gasteiger partial charge in [-0.15, -0.1) is 0 Å². The Balaban J connectivity index is 2.66. The van der Waals surface area contributed by atoms with Gasteiger partial charge in [-0.3, -0.25) is 4.99 Å². The maximum Gasteiger partial charge on any atom is 0.329 e. The van der Waals surface area contributed by atoms with E-state index in [0.29, 0.717) is 37.3 Å². The quantitative estimate of drug-likeness (QED) is 0.199. The van der Waals surface area contributed by atoms with E-state index in [4.69, 9.17) is 16.2 Å². The Kier molecular flexibility index (Phi) is 9.90. The Morgan fingerprint density at radius 3 is 2.38 bits per heavy atom. The number of carbonyl (C=O) groups is 1. The second kappa shape index (κ2) is 11.6. The van der Waals surface area contributed by atoms with Gasteiger partial charge in [-0.25, -0.2) is 13.2 Å². The van der Waals surface area contributed by atoms with Crippen LogP contribution in [-0.4, -0.2) is 44.4 Å². The first-order chi connectivity index (χ1) is 13.6. The van der Waals surface area contributed by atoms with Gasteiger partial charge >= 0.3 is 5.97 Å². The Morgan fingerprint density at radius 2 is 1.83 bits per heavy atom. The third-order valence-corrected chi connectivity index (χ3v) is 5.90. The van der Waals surface area contributed by atoms with E-state index in [1.54, 1.807) is 24.3 Å². The molecule has 0 fully saturated rings.